The number of aliphatic imine (C=N–C) groups is 1. The largest absolute Gasteiger partial charge is 0.356 e. The Bertz CT molecular complexity index is 579. The second kappa shape index (κ2) is 10.0. The summed E-state index contributed by atoms with van der Waals surface area (Å²) >= 11 is 2.06. The summed E-state index contributed by atoms with van der Waals surface area (Å²) in [6, 6.07) is 6.74. The molecular formula is C19H32N6S. The van der Waals surface area contributed by atoms with Crippen LogP contribution in [0.5, 0.6) is 0 Å². The summed E-state index contributed by atoms with van der Waals surface area (Å²) in [6.45, 7) is 8.60. The molecule has 1 aromatic rings. The number of hydrogen-bond acceptors (Lipinski definition) is 5. The highest BCUT2D eigenvalue weighted by atomic mass is 32.2. The van der Waals surface area contributed by atoms with Gasteiger partial charge in [-0.3, -0.25) is 9.89 Å². The molecule has 0 spiro atoms. The molecule has 3 heterocycles. The summed E-state index contributed by atoms with van der Waals surface area (Å²) in [5, 5.41) is 7.07. The molecule has 2 aliphatic heterocycles. The number of guanidine groups is 1. The van der Waals surface area contributed by atoms with E-state index in [4.69, 9.17) is 0 Å². The van der Waals surface area contributed by atoms with E-state index in [1.807, 2.05) is 7.05 Å². The monoisotopic (exact) mass is 376 g/mol. The average molecular weight is 377 g/mol. The number of hydrogen-bond donors (Lipinski definition) is 2. The predicted octanol–water partition coefficient (Wildman–Crippen LogP) is 1.57. The van der Waals surface area contributed by atoms with E-state index in [0.717, 1.165) is 56.5 Å². The van der Waals surface area contributed by atoms with Gasteiger partial charge in [0.2, 0.25) is 0 Å². The van der Waals surface area contributed by atoms with Crippen LogP contribution in [0.1, 0.15) is 18.5 Å². The summed E-state index contributed by atoms with van der Waals surface area (Å²) in [6.07, 6.45) is 2.22. The Hall–Kier alpha value is -1.47. The SMILES string of the molecule is CN=C(NCCN1CCSCC1)NC1CCN(c2cccc(C)n2)CC1. The van der Waals surface area contributed by atoms with E-state index in [2.05, 4.69) is 67.3 Å². The van der Waals surface area contributed by atoms with Crippen molar-refractivity contribution >= 4 is 23.5 Å². The van der Waals surface area contributed by atoms with E-state index in [1.165, 1.54) is 24.6 Å². The van der Waals surface area contributed by atoms with Crippen LogP contribution in [0.4, 0.5) is 5.82 Å². The highest BCUT2D eigenvalue weighted by Crippen LogP contribution is 2.18. The van der Waals surface area contributed by atoms with Gasteiger partial charge in [-0.1, -0.05) is 6.07 Å². The molecular weight excluding hydrogens is 344 g/mol. The fourth-order valence-electron chi connectivity index (χ4n) is 3.50. The van der Waals surface area contributed by atoms with Gasteiger partial charge in [0.15, 0.2) is 5.96 Å². The maximum absolute atomic E-state index is 4.65. The van der Waals surface area contributed by atoms with Crippen LogP contribution in [-0.2, 0) is 0 Å². The maximum atomic E-state index is 4.65. The van der Waals surface area contributed by atoms with Crippen molar-refractivity contribution in [2.24, 2.45) is 4.99 Å². The van der Waals surface area contributed by atoms with Crippen LogP contribution < -0.4 is 15.5 Å². The van der Waals surface area contributed by atoms with E-state index >= 15 is 0 Å². The Balaban J connectivity index is 1.38. The number of rotatable bonds is 5. The van der Waals surface area contributed by atoms with Crippen molar-refractivity contribution in [1.29, 1.82) is 0 Å². The van der Waals surface area contributed by atoms with Gasteiger partial charge in [-0.2, -0.15) is 11.8 Å². The van der Waals surface area contributed by atoms with Crippen LogP contribution in [0.25, 0.3) is 0 Å². The Morgan fingerprint density at radius 2 is 2.00 bits per heavy atom. The molecule has 0 aliphatic carbocycles. The lowest BCUT2D eigenvalue weighted by Crippen LogP contribution is -2.50. The van der Waals surface area contributed by atoms with Crippen molar-refractivity contribution in [3.8, 4) is 0 Å². The molecule has 2 fully saturated rings. The third-order valence-electron chi connectivity index (χ3n) is 5.08. The number of piperidine rings is 1. The van der Waals surface area contributed by atoms with Gasteiger partial charge in [0.25, 0.3) is 0 Å². The van der Waals surface area contributed by atoms with Crippen LogP contribution >= 0.6 is 11.8 Å². The smallest absolute Gasteiger partial charge is 0.191 e. The van der Waals surface area contributed by atoms with Gasteiger partial charge in [0.1, 0.15) is 5.82 Å². The van der Waals surface area contributed by atoms with Gasteiger partial charge < -0.3 is 15.5 Å². The minimum absolute atomic E-state index is 0.480. The number of nitrogens with zero attached hydrogens (tertiary/aromatic N) is 4. The third kappa shape index (κ3) is 5.77. The van der Waals surface area contributed by atoms with Crippen molar-refractivity contribution in [2.75, 3.05) is 62.7 Å². The van der Waals surface area contributed by atoms with Gasteiger partial charge in [-0.25, -0.2) is 4.98 Å². The number of anilines is 1. The Kier molecular flexibility index (Phi) is 7.43. The number of aryl methyl sites for hydroxylation is 1. The molecule has 7 heteroatoms. The molecule has 0 saturated carbocycles. The predicted molar refractivity (Wildman–Crippen MR) is 112 cm³/mol. The number of pyridine rings is 1. The van der Waals surface area contributed by atoms with Crippen molar-refractivity contribution in [2.45, 2.75) is 25.8 Å². The summed E-state index contributed by atoms with van der Waals surface area (Å²) in [7, 11) is 1.86. The Morgan fingerprint density at radius 1 is 1.23 bits per heavy atom. The van der Waals surface area contributed by atoms with Crippen LogP contribution in [0, 0.1) is 6.92 Å². The summed E-state index contributed by atoms with van der Waals surface area (Å²) in [4.78, 5) is 14.0. The number of aromatic nitrogens is 1. The van der Waals surface area contributed by atoms with E-state index in [9.17, 15) is 0 Å². The fourth-order valence-corrected chi connectivity index (χ4v) is 4.48. The zero-order valence-corrected chi connectivity index (χ0v) is 16.9. The molecule has 0 atom stereocenters. The fraction of sp³-hybridized carbons (Fsp3) is 0.684. The van der Waals surface area contributed by atoms with Gasteiger partial charge in [-0.15, -0.1) is 0 Å². The van der Waals surface area contributed by atoms with Crippen LogP contribution in [0.2, 0.25) is 0 Å². The topological polar surface area (TPSA) is 55.8 Å². The normalized spacial score (nSPS) is 20.2. The van der Waals surface area contributed by atoms with E-state index in [-0.39, 0.29) is 0 Å². The molecule has 2 saturated heterocycles. The van der Waals surface area contributed by atoms with Gasteiger partial charge in [0, 0.05) is 69.6 Å². The van der Waals surface area contributed by atoms with Gasteiger partial charge >= 0.3 is 0 Å². The van der Waals surface area contributed by atoms with Crippen molar-refractivity contribution in [1.82, 2.24) is 20.5 Å². The summed E-state index contributed by atoms with van der Waals surface area (Å²) < 4.78 is 0. The number of nitrogens with one attached hydrogen (secondary N) is 2. The lowest BCUT2D eigenvalue weighted by atomic mass is 10.1. The van der Waals surface area contributed by atoms with Crippen molar-refractivity contribution in [3.05, 3.63) is 23.9 Å². The molecule has 144 valence electrons. The Labute approximate surface area is 161 Å². The average Bonchev–Trinajstić information content (AvgIpc) is 2.68. The standard InChI is InChI=1S/C19H32N6S/c1-16-4-3-5-18(22-16)25-9-6-17(7-10-25)23-19(20-2)21-8-11-24-12-14-26-15-13-24/h3-5,17H,6-15H2,1-2H3,(H2,20,21,23). The quantitative estimate of drug-likeness (QED) is 0.601. The van der Waals surface area contributed by atoms with E-state index in [0.29, 0.717) is 6.04 Å². The first-order valence-electron chi connectivity index (χ1n) is 9.70. The molecule has 1 aromatic heterocycles. The van der Waals surface area contributed by atoms with Crippen molar-refractivity contribution < 1.29 is 0 Å². The lowest BCUT2D eigenvalue weighted by Gasteiger charge is -2.34. The maximum Gasteiger partial charge on any atom is 0.191 e. The molecule has 0 radical (unpaired) electrons. The first kappa shape index (κ1) is 19.3. The van der Waals surface area contributed by atoms with Crippen LogP contribution in [0.15, 0.2) is 23.2 Å². The molecule has 2 aliphatic rings. The molecule has 2 N–H and O–H groups in total. The first-order valence-corrected chi connectivity index (χ1v) is 10.9. The summed E-state index contributed by atoms with van der Waals surface area (Å²) in [5.41, 5.74) is 1.08. The Morgan fingerprint density at radius 3 is 2.69 bits per heavy atom. The minimum Gasteiger partial charge on any atom is -0.356 e. The van der Waals surface area contributed by atoms with Crippen LogP contribution in [0.3, 0.4) is 0 Å². The molecule has 3 rings (SSSR count). The lowest BCUT2D eigenvalue weighted by molar-refractivity contribution is 0.306. The first-order chi connectivity index (χ1) is 12.7. The molecule has 26 heavy (non-hydrogen) atoms. The molecule has 0 aromatic carbocycles. The minimum atomic E-state index is 0.480. The van der Waals surface area contributed by atoms with Gasteiger partial charge in [0.05, 0.1) is 0 Å². The second-order valence-corrected chi connectivity index (χ2v) is 8.22. The highest BCUT2D eigenvalue weighted by Gasteiger charge is 2.21. The summed E-state index contributed by atoms with van der Waals surface area (Å²) in [5.74, 6) is 4.57. The molecule has 0 unspecified atom stereocenters. The van der Waals surface area contributed by atoms with Crippen molar-refractivity contribution in [3.63, 3.8) is 0 Å². The van der Waals surface area contributed by atoms with Gasteiger partial charge in [-0.05, 0) is 31.9 Å². The molecule has 0 bridgehead atoms. The molecule has 6 nitrogen and oxygen atoms in total. The second-order valence-electron chi connectivity index (χ2n) is 7.00. The van der Waals surface area contributed by atoms with Crippen LogP contribution in [-0.4, -0.2) is 79.7 Å². The third-order valence-corrected chi connectivity index (χ3v) is 6.02. The molecule has 0 amide bonds. The van der Waals surface area contributed by atoms with E-state index in [1.54, 1.807) is 0 Å². The number of thioether (sulfide) groups is 1. The van der Waals surface area contributed by atoms with E-state index < -0.39 is 0 Å². The zero-order valence-electron chi connectivity index (χ0n) is 16.1. The highest BCUT2D eigenvalue weighted by molar-refractivity contribution is 7.99. The zero-order chi connectivity index (χ0) is 18.2.